The summed E-state index contributed by atoms with van der Waals surface area (Å²) in [6.45, 7) is 6.75. The molecular weight excluding hydrogens is 200 g/mol. The van der Waals surface area contributed by atoms with Gasteiger partial charge >= 0.3 is 0 Å². The summed E-state index contributed by atoms with van der Waals surface area (Å²) in [5.74, 6) is 0.713. The van der Waals surface area contributed by atoms with Gasteiger partial charge in [-0.1, -0.05) is 13.8 Å². The number of alkyl halides is 1. The molecule has 0 heterocycles. The number of hydrogen-bond donors (Lipinski definition) is 0. The van der Waals surface area contributed by atoms with Gasteiger partial charge < -0.3 is 9.47 Å². The third-order valence-electron chi connectivity index (χ3n) is 2.66. The van der Waals surface area contributed by atoms with E-state index in [1.165, 1.54) is 0 Å². The molecule has 0 fully saturated rings. The molecule has 0 rings (SSSR count). The minimum atomic E-state index is 0.239. The summed E-state index contributed by atoms with van der Waals surface area (Å²) in [5, 5.41) is 0. The highest BCUT2D eigenvalue weighted by atomic mass is 35.5. The highest BCUT2D eigenvalue weighted by Gasteiger charge is 2.19. The van der Waals surface area contributed by atoms with Gasteiger partial charge in [0.25, 0.3) is 0 Å². The molecule has 2 nitrogen and oxygen atoms in total. The summed E-state index contributed by atoms with van der Waals surface area (Å²) in [5.41, 5.74) is 0.239. The van der Waals surface area contributed by atoms with E-state index in [0.29, 0.717) is 5.88 Å². The van der Waals surface area contributed by atoms with Gasteiger partial charge in [0.15, 0.2) is 0 Å². The Bertz CT molecular complexity index is 124. The van der Waals surface area contributed by atoms with E-state index in [2.05, 4.69) is 13.8 Å². The number of halogens is 1. The van der Waals surface area contributed by atoms with Crippen molar-refractivity contribution in [1.82, 2.24) is 0 Å². The van der Waals surface area contributed by atoms with E-state index in [1.54, 1.807) is 7.11 Å². The molecule has 0 N–H and O–H groups in total. The van der Waals surface area contributed by atoms with E-state index < -0.39 is 0 Å². The Morgan fingerprint density at radius 3 is 2.43 bits per heavy atom. The Morgan fingerprint density at radius 1 is 1.21 bits per heavy atom. The van der Waals surface area contributed by atoms with Crippen LogP contribution in [0.15, 0.2) is 0 Å². The molecule has 0 aromatic rings. The predicted molar refractivity (Wildman–Crippen MR) is 61.0 cm³/mol. The fraction of sp³-hybridized carbons (Fsp3) is 1.00. The average molecular weight is 223 g/mol. The maximum atomic E-state index is 5.90. The molecule has 3 heteroatoms. The van der Waals surface area contributed by atoms with E-state index in [9.17, 15) is 0 Å². The third-order valence-corrected chi connectivity index (χ3v) is 3.31. The topological polar surface area (TPSA) is 18.5 Å². The van der Waals surface area contributed by atoms with Crippen LogP contribution in [0.2, 0.25) is 0 Å². The highest BCUT2D eigenvalue weighted by molar-refractivity contribution is 6.18. The van der Waals surface area contributed by atoms with Crippen molar-refractivity contribution >= 4 is 11.6 Å². The van der Waals surface area contributed by atoms with Gasteiger partial charge in [0, 0.05) is 32.8 Å². The van der Waals surface area contributed by atoms with Crippen LogP contribution in [0.4, 0.5) is 0 Å². The lowest BCUT2D eigenvalue weighted by Gasteiger charge is -2.24. The second-order valence-corrected chi connectivity index (χ2v) is 4.27. The van der Waals surface area contributed by atoms with Crippen LogP contribution in [0.5, 0.6) is 0 Å². The van der Waals surface area contributed by atoms with E-state index >= 15 is 0 Å². The quantitative estimate of drug-likeness (QED) is 0.441. The van der Waals surface area contributed by atoms with Crippen molar-refractivity contribution in [1.29, 1.82) is 0 Å². The summed E-state index contributed by atoms with van der Waals surface area (Å²) in [6, 6.07) is 0. The zero-order valence-electron chi connectivity index (χ0n) is 9.64. The zero-order valence-corrected chi connectivity index (χ0v) is 10.4. The lowest BCUT2D eigenvalue weighted by atomic mass is 9.87. The van der Waals surface area contributed by atoms with Crippen LogP contribution in [-0.2, 0) is 9.47 Å². The van der Waals surface area contributed by atoms with Crippen LogP contribution in [0.25, 0.3) is 0 Å². The molecule has 0 amide bonds. The van der Waals surface area contributed by atoms with E-state index in [4.69, 9.17) is 21.1 Å². The van der Waals surface area contributed by atoms with E-state index in [1.807, 2.05) is 0 Å². The van der Waals surface area contributed by atoms with Crippen molar-refractivity contribution in [2.75, 3.05) is 32.8 Å². The van der Waals surface area contributed by atoms with Crippen LogP contribution in [0.1, 0.15) is 33.1 Å². The molecule has 14 heavy (non-hydrogen) atoms. The molecule has 0 saturated heterocycles. The summed E-state index contributed by atoms with van der Waals surface area (Å²) in [7, 11) is 1.71. The molecule has 0 aromatic heterocycles. The first kappa shape index (κ1) is 14.2. The van der Waals surface area contributed by atoms with Crippen molar-refractivity contribution in [3.8, 4) is 0 Å². The predicted octanol–water partition coefficient (Wildman–Crippen LogP) is 3.08. The van der Waals surface area contributed by atoms with Gasteiger partial charge in [0.05, 0.1) is 0 Å². The minimum Gasteiger partial charge on any atom is -0.385 e. The maximum Gasteiger partial charge on any atom is 0.0487 e. The second-order valence-electron chi connectivity index (χ2n) is 4.01. The van der Waals surface area contributed by atoms with Crippen LogP contribution in [0.3, 0.4) is 0 Å². The zero-order chi connectivity index (χ0) is 10.9. The number of hydrogen-bond acceptors (Lipinski definition) is 2. The lowest BCUT2D eigenvalue weighted by molar-refractivity contribution is 0.0829. The third kappa shape index (κ3) is 6.63. The summed E-state index contributed by atoms with van der Waals surface area (Å²) >= 11 is 5.90. The van der Waals surface area contributed by atoms with Gasteiger partial charge in [-0.05, 0) is 24.7 Å². The first-order chi connectivity index (χ1) is 6.68. The van der Waals surface area contributed by atoms with Gasteiger partial charge in [-0.25, -0.2) is 0 Å². The van der Waals surface area contributed by atoms with Gasteiger partial charge in [-0.15, -0.1) is 11.6 Å². The maximum absolute atomic E-state index is 5.90. The molecule has 0 aliphatic carbocycles. The van der Waals surface area contributed by atoms with Gasteiger partial charge in [-0.2, -0.15) is 0 Å². The van der Waals surface area contributed by atoms with Crippen molar-refractivity contribution < 1.29 is 9.47 Å². The highest BCUT2D eigenvalue weighted by Crippen LogP contribution is 2.26. The molecule has 0 aromatic carbocycles. The van der Waals surface area contributed by atoms with Gasteiger partial charge in [0.1, 0.15) is 0 Å². The number of rotatable bonds is 9. The Morgan fingerprint density at radius 2 is 1.93 bits per heavy atom. The van der Waals surface area contributed by atoms with Crippen LogP contribution < -0.4 is 0 Å². The molecule has 0 aliphatic heterocycles. The molecule has 0 saturated carbocycles. The van der Waals surface area contributed by atoms with Gasteiger partial charge in [-0.3, -0.25) is 0 Å². The molecule has 0 radical (unpaired) electrons. The normalized spacial score (nSPS) is 15.4. The van der Waals surface area contributed by atoms with E-state index in [0.717, 1.165) is 39.1 Å². The van der Waals surface area contributed by atoms with Crippen LogP contribution in [-0.4, -0.2) is 32.8 Å². The molecule has 1 unspecified atom stereocenters. The van der Waals surface area contributed by atoms with Crippen molar-refractivity contribution in [3.63, 3.8) is 0 Å². The molecule has 0 aliphatic rings. The Hall–Kier alpha value is 0.210. The fourth-order valence-electron chi connectivity index (χ4n) is 1.06. The SMILES string of the molecule is CCC(C)(CCl)CCOCCCOC. The van der Waals surface area contributed by atoms with Crippen molar-refractivity contribution in [2.24, 2.45) is 5.41 Å². The fourth-order valence-corrected chi connectivity index (χ4v) is 1.39. The van der Waals surface area contributed by atoms with Crippen LogP contribution in [0, 0.1) is 5.41 Å². The summed E-state index contributed by atoms with van der Waals surface area (Å²) in [6.07, 6.45) is 3.12. The first-order valence-electron chi connectivity index (χ1n) is 5.31. The minimum absolute atomic E-state index is 0.239. The van der Waals surface area contributed by atoms with Crippen molar-refractivity contribution in [2.45, 2.75) is 33.1 Å². The standard InChI is InChI=1S/C11H23ClO2/c1-4-11(2,10-12)6-9-14-8-5-7-13-3/h4-10H2,1-3H3. The Balaban J connectivity index is 3.34. The first-order valence-corrected chi connectivity index (χ1v) is 5.84. The van der Waals surface area contributed by atoms with E-state index in [-0.39, 0.29) is 5.41 Å². The van der Waals surface area contributed by atoms with Crippen molar-refractivity contribution in [3.05, 3.63) is 0 Å². The molecular formula is C11H23ClO2. The van der Waals surface area contributed by atoms with Crippen LogP contribution >= 0.6 is 11.6 Å². The Kier molecular flexibility index (Phi) is 8.64. The monoisotopic (exact) mass is 222 g/mol. The summed E-state index contributed by atoms with van der Waals surface area (Å²) in [4.78, 5) is 0. The average Bonchev–Trinajstić information content (AvgIpc) is 2.23. The molecule has 0 bridgehead atoms. The van der Waals surface area contributed by atoms with Gasteiger partial charge in [0.2, 0.25) is 0 Å². The Labute approximate surface area is 92.9 Å². The molecule has 0 spiro atoms. The molecule has 1 atom stereocenters. The lowest BCUT2D eigenvalue weighted by Crippen LogP contribution is -2.20. The summed E-state index contributed by atoms with van der Waals surface area (Å²) < 4.78 is 10.4. The second kappa shape index (κ2) is 8.51. The number of ether oxygens (including phenoxy) is 2. The largest absolute Gasteiger partial charge is 0.385 e. The molecule has 86 valence electrons. The number of methoxy groups -OCH3 is 1. The smallest absolute Gasteiger partial charge is 0.0487 e.